The molecule has 1 aliphatic heterocycles. The van der Waals surface area contributed by atoms with Crippen molar-refractivity contribution in [3.63, 3.8) is 0 Å². The lowest BCUT2D eigenvalue weighted by molar-refractivity contribution is 0.198. The van der Waals surface area contributed by atoms with Crippen LogP contribution in [0.1, 0.15) is 59.8 Å². The summed E-state index contributed by atoms with van der Waals surface area (Å²) in [6, 6.07) is 0. The second-order valence-electron chi connectivity index (χ2n) is 6.18. The van der Waals surface area contributed by atoms with Crippen molar-refractivity contribution in [2.75, 3.05) is 13.2 Å². The summed E-state index contributed by atoms with van der Waals surface area (Å²) in [5, 5.41) is 3.66. The lowest BCUT2D eigenvalue weighted by atomic mass is 9.94. The van der Waals surface area contributed by atoms with Crippen LogP contribution >= 0.6 is 19.4 Å². The predicted molar refractivity (Wildman–Crippen MR) is 85.3 cm³/mol. The van der Waals surface area contributed by atoms with Crippen molar-refractivity contribution < 1.29 is 13.6 Å². The second kappa shape index (κ2) is 6.29. The Kier molecular flexibility index (Phi) is 5.29. The van der Waals surface area contributed by atoms with Gasteiger partial charge in [-0.1, -0.05) is 19.3 Å². The van der Waals surface area contributed by atoms with Crippen molar-refractivity contribution in [2.24, 2.45) is 0 Å². The zero-order valence-corrected chi connectivity index (χ0v) is 14.8. The zero-order valence-electron chi connectivity index (χ0n) is 13.1. The molecule has 1 unspecified atom stereocenters. The van der Waals surface area contributed by atoms with Gasteiger partial charge in [0.25, 0.3) is 0 Å². The molecule has 1 spiro atoms. The molecule has 1 atom stereocenters. The van der Waals surface area contributed by atoms with E-state index < -0.39 is 7.60 Å². The molecule has 0 amide bonds. The molecule has 1 N–H and O–H groups in total. The highest BCUT2D eigenvalue weighted by Gasteiger charge is 2.58. The molecule has 2 rings (SSSR count). The van der Waals surface area contributed by atoms with E-state index in [0.717, 1.165) is 12.8 Å². The first-order valence-corrected chi connectivity index (χ1v) is 10.2. The van der Waals surface area contributed by atoms with Gasteiger partial charge in [0.15, 0.2) is 0 Å². The van der Waals surface area contributed by atoms with Crippen molar-refractivity contribution in [1.29, 1.82) is 0 Å². The van der Waals surface area contributed by atoms with Gasteiger partial charge in [0.2, 0.25) is 0 Å². The number of hydrogen-bond donors (Lipinski definition) is 1. The van der Waals surface area contributed by atoms with E-state index in [4.69, 9.17) is 9.05 Å². The molecule has 4 nitrogen and oxygen atoms in total. The van der Waals surface area contributed by atoms with Gasteiger partial charge >= 0.3 is 7.60 Å². The van der Waals surface area contributed by atoms with Gasteiger partial charge in [-0.25, -0.2) is 0 Å². The van der Waals surface area contributed by atoms with E-state index in [0.29, 0.717) is 13.2 Å². The molecular weight excluding hydrogens is 293 g/mol. The van der Waals surface area contributed by atoms with Gasteiger partial charge in [0.1, 0.15) is 5.78 Å². The fourth-order valence-corrected chi connectivity index (χ4v) is 8.13. The maximum atomic E-state index is 13.1. The molecule has 1 aliphatic carbocycles. The zero-order chi connectivity index (χ0) is 14.9. The minimum absolute atomic E-state index is 0.0658. The first kappa shape index (κ1) is 16.8. The summed E-state index contributed by atoms with van der Waals surface area (Å²) in [6.45, 7) is 8.90. The second-order valence-corrected chi connectivity index (χ2v) is 10.3. The molecule has 0 aromatic rings. The lowest BCUT2D eigenvalue weighted by Gasteiger charge is -2.34. The van der Waals surface area contributed by atoms with E-state index in [1.165, 1.54) is 19.3 Å². The van der Waals surface area contributed by atoms with Crippen molar-refractivity contribution in [2.45, 2.75) is 75.2 Å². The molecule has 0 radical (unpaired) electrons. The molecule has 118 valence electrons. The molecular formula is C14H28NO3PS. The fourth-order valence-electron chi connectivity index (χ4n) is 3.39. The Morgan fingerprint density at radius 1 is 1.15 bits per heavy atom. The van der Waals surface area contributed by atoms with E-state index in [1.807, 2.05) is 25.6 Å². The molecule has 0 bridgehead atoms. The topological polar surface area (TPSA) is 47.6 Å². The number of thioether (sulfide) groups is 1. The maximum absolute atomic E-state index is 13.1. The van der Waals surface area contributed by atoms with Gasteiger partial charge in [-0.15, -0.1) is 11.8 Å². The van der Waals surface area contributed by atoms with Crippen molar-refractivity contribution >= 4 is 19.4 Å². The molecule has 20 heavy (non-hydrogen) atoms. The quantitative estimate of drug-likeness (QED) is 0.763. The monoisotopic (exact) mass is 321 g/mol. The molecule has 1 heterocycles. The van der Waals surface area contributed by atoms with Gasteiger partial charge in [-0.05, 0) is 40.5 Å². The van der Waals surface area contributed by atoms with E-state index in [1.54, 1.807) is 0 Å². The SMILES string of the molecule is CCOP(=O)(OCC)C1NC2(CCCCC2)SC1(C)C. The maximum Gasteiger partial charge on any atom is 0.348 e. The molecule has 2 aliphatic rings. The normalized spacial score (nSPS) is 28.9. The Labute approximate surface area is 127 Å². The molecule has 0 aromatic heterocycles. The van der Waals surface area contributed by atoms with E-state index in [2.05, 4.69) is 19.2 Å². The summed E-state index contributed by atoms with van der Waals surface area (Å²) in [4.78, 5) is 0.0658. The highest BCUT2D eigenvalue weighted by atomic mass is 32.2. The van der Waals surface area contributed by atoms with Crippen molar-refractivity contribution in [3.8, 4) is 0 Å². The minimum Gasteiger partial charge on any atom is -0.308 e. The van der Waals surface area contributed by atoms with Gasteiger partial charge in [-0.2, -0.15) is 0 Å². The van der Waals surface area contributed by atoms with Crippen LogP contribution in [0, 0.1) is 0 Å². The lowest BCUT2D eigenvalue weighted by Crippen LogP contribution is -2.45. The highest BCUT2D eigenvalue weighted by molar-refractivity contribution is 8.02. The smallest absolute Gasteiger partial charge is 0.308 e. The van der Waals surface area contributed by atoms with Crippen LogP contribution < -0.4 is 5.32 Å². The van der Waals surface area contributed by atoms with Crippen molar-refractivity contribution in [1.82, 2.24) is 5.32 Å². The summed E-state index contributed by atoms with van der Waals surface area (Å²) in [6.07, 6.45) is 6.10. The van der Waals surface area contributed by atoms with Crippen LogP contribution in [0.25, 0.3) is 0 Å². The first-order valence-electron chi connectivity index (χ1n) is 7.74. The van der Waals surface area contributed by atoms with Crippen LogP contribution in [0.2, 0.25) is 0 Å². The first-order chi connectivity index (χ1) is 9.37. The number of nitrogens with one attached hydrogen (secondary N) is 1. The van der Waals surface area contributed by atoms with E-state index in [9.17, 15) is 4.57 Å². The third-order valence-corrected chi connectivity index (χ3v) is 8.61. The number of rotatable bonds is 5. The van der Waals surface area contributed by atoms with Gasteiger partial charge in [0.05, 0.1) is 18.1 Å². The Hall–Kier alpha value is 0.460. The molecule has 6 heteroatoms. The summed E-state index contributed by atoms with van der Waals surface area (Å²) in [7, 11) is -3.11. The average molecular weight is 321 g/mol. The van der Waals surface area contributed by atoms with Gasteiger partial charge < -0.3 is 9.05 Å². The standard InChI is InChI=1S/C14H28NO3PS/c1-5-17-19(16,18-6-2)12-13(3,4)20-14(15-12)10-8-7-9-11-14/h12,15H,5-11H2,1-4H3. The summed E-state index contributed by atoms with van der Waals surface area (Å²) in [5.41, 5.74) is 0. The van der Waals surface area contributed by atoms with Crippen LogP contribution in [0.4, 0.5) is 0 Å². The molecule has 1 saturated carbocycles. The van der Waals surface area contributed by atoms with Crippen LogP contribution in [0.3, 0.4) is 0 Å². The average Bonchev–Trinajstić information content (AvgIpc) is 2.62. The summed E-state index contributed by atoms with van der Waals surface area (Å²) < 4.78 is 24.2. The van der Waals surface area contributed by atoms with Crippen LogP contribution in [-0.4, -0.2) is 28.6 Å². The third-order valence-electron chi connectivity index (χ3n) is 4.11. The van der Waals surface area contributed by atoms with E-state index >= 15 is 0 Å². The summed E-state index contributed by atoms with van der Waals surface area (Å²) in [5.74, 6) is -0.224. The summed E-state index contributed by atoms with van der Waals surface area (Å²) >= 11 is 1.93. The predicted octanol–water partition coefficient (Wildman–Crippen LogP) is 4.35. The van der Waals surface area contributed by atoms with Crippen LogP contribution in [0.15, 0.2) is 0 Å². The fraction of sp³-hybridized carbons (Fsp3) is 1.00. The Balaban J connectivity index is 2.23. The van der Waals surface area contributed by atoms with Gasteiger partial charge in [0, 0.05) is 4.75 Å². The number of hydrogen-bond acceptors (Lipinski definition) is 5. The molecule has 0 aromatic carbocycles. The molecule has 2 fully saturated rings. The largest absolute Gasteiger partial charge is 0.348 e. The molecule has 1 saturated heterocycles. The van der Waals surface area contributed by atoms with Gasteiger partial charge in [-0.3, -0.25) is 9.88 Å². The minimum atomic E-state index is -3.11. The van der Waals surface area contributed by atoms with E-state index in [-0.39, 0.29) is 15.4 Å². The Morgan fingerprint density at radius 3 is 2.20 bits per heavy atom. The van der Waals surface area contributed by atoms with Crippen LogP contribution in [-0.2, 0) is 13.6 Å². The Bertz CT molecular complexity index is 373. The van der Waals surface area contributed by atoms with Crippen LogP contribution in [0.5, 0.6) is 0 Å². The third kappa shape index (κ3) is 3.27. The van der Waals surface area contributed by atoms with Crippen molar-refractivity contribution in [3.05, 3.63) is 0 Å². The highest BCUT2D eigenvalue weighted by Crippen LogP contribution is 2.64. The Morgan fingerprint density at radius 2 is 1.70 bits per heavy atom.